The zero-order valence-electron chi connectivity index (χ0n) is 18.8. The molecule has 2 heterocycles. The Bertz CT molecular complexity index is 1120. The van der Waals surface area contributed by atoms with Crippen LogP contribution < -0.4 is 10.9 Å². The maximum Gasteiger partial charge on any atom is 0.408 e. The summed E-state index contributed by atoms with van der Waals surface area (Å²) >= 11 is 1.64. The molecule has 1 saturated carbocycles. The summed E-state index contributed by atoms with van der Waals surface area (Å²) in [5.41, 5.74) is -0.880. The number of carbonyl (C=O) groups is 2. The standard InChI is InChI=1S/C25H29NO6S/c1-15(5-3-4-12-26-25(30)31)21-14-20(27)22(24(29)32-21)23(28)16(2)13-19-11-10-18(33-19)9-8-17-6-7-17/h4,10-15,17,26-27H,3,5-9H2,1-2H3,(H,30,31)/b12-4+,16-13+. The van der Waals surface area contributed by atoms with Gasteiger partial charge in [-0.25, -0.2) is 9.59 Å². The Labute approximate surface area is 196 Å². The topological polar surface area (TPSA) is 117 Å². The second-order valence-corrected chi connectivity index (χ2v) is 9.67. The van der Waals surface area contributed by atoms with Crippen LogP contribution in [-0.2, 0) is 6.42 Å². The van der Waals surface area contributed by atoms with Gasteiger partial charge in [-0.1, -0.05) is 25.8 Å². The molecule has 33 heavy (non-hydrogen) atoms. The minimum Gasteiger partial charge on any atom is -0.507 e. The van der Waals surface area contributed by atoms with Crippen LogP contribution in [0.15, 0.2) is 45.3 Å². The van der Waals surface area contributed by atoms with Crippen molar-refractivity contribution in [3.63, 3.8) is 0 Å². The fourth-order valence-corrected chi connectivity index (χ4v) is 4.52. The third kappa shape index (κ3) is 7.18. The summed E-state index contributed by atoms with van der Waals surface area (Å²) < 4.78 is 5.34. The zero-order chi connectivity index (χ0) is 24.0. The van der Waals surface area contributed by atoms with E-state index in [1.165, 1.54) is 36.4 Å². The van der Waals surface area contributed by atoms with Crippen LogP contribution in [0.2, 0.25) is 0 Å². The van der Waals surface area contributed by atoms with Gasteiger partial charge in [-0.05, 0) is 62.3 Å². The molecule has 2 aromatic rings. The van der Waals surface area contributed by atoms with Crippen LogP contribution in [0.5, 0.6) is 5.75 Å². The molecule has 2 aromatic heterocycles. The van der Waals surface area contributed by atoms with Crippen LogP contribution in [0.25, 0.3) is 6.08 Å². The summed E-state index contributed by atoms with van der Waals surface area (Å²) in [6.45, 7) is 3.44. The van der Waals surface area contributed by atoms with Gasteiger partial charge in [-0.2, -0.15) is 0 Å². The Kier molecular flexibility index (Phi) is 8.27. The molecule has 0 bridgehead atoms. The van der Waals surface area contributed by atoms with Gasteiger partial charge in [0.25, 0.3) is 0 Å². The third-order valence-electron chi connectivity index (χ3n) is 5.65. The molecule has 1 aliphatic carbocycles. The molecular formula is C25H29NO6S. The van der Waals surface area contributed by atoms with Gasteiger partial charge in [0.15, 0.2) is 5.78 Å². The third-order valence-corrected chi connectivity index (χ3v) is 6.74. The normalized spacial score (nSPS) is 15.0. The first kappa shape index (κ1) is 24.5. The number of hydrogen-bond donors (Lipinski definition) is 3. The van der Waals surface area contributed by atoms with E-state index in [2.05, 4.69) is 11.4 Å². The van der Waals surface area contributed by atoms with Crippen molar-refractivity contribution >= 4 is 29.3 Å². The summed E-state index contributed by atoms with van der Waals surface area (Å²) in [5, 5.41) is 21.1. The van der Waals surface area contributed by atoms with Crippen LogP contribution in [0.4, 0.5) is 4.79 Å². The van der Waals surface area contributed by atoms with Gasteiger partial charge in [-0.15, -0.1) is 11.3 Å². The minimum absolute atomic E-state index is 0.209. The maximum atomic E-state index is 12.9. The molecule has 1 amide bonds. The van der Waals surface area contributed by atoms with Crippen molar-refractivity contribution in [1.82, 2.24) is 5.32 Å². The second kappa shape index (κ2) is 11.1. The van der Waals surface area contributed by atoms with Crippen LogP contribution in [-0.4, -0.2) is 22.1 Å². The number of Topliss-reactive ketones (excluding diaryl/α,β-unsaturated/α-hetero) is 1. The lowest BCUT2D eigenvalue weighted by molar-refractivity contribution is 0.102. The van der Waals surface area contributed by atoms with Crippen molar-refractivity contribution in [2.45, 2.75) is 58.3 Å². The summed E-state index contributed by atoms with van der Waals surface area (Å²) in [6.07, 6.45) is 9.58. The van der Waals surface area contributed by atoms with E-state index >= 15 is 0 Å². The summed E-state index contributed by atoms with van der Waals surface area (Å²) in [6, 6.07) is 5.36. The summed E-state index contributed by atoms with van der Waals surface area (Å²) in [5.74, 6) is -0.0260. The fourth-order valence-electron chi connectivity index (χ4n) is 3.49. The molecule has 1 atom stereocenters. The molecule has 176 valence electrons. The monoisotopic (exact) mass is 471 g/mol. The lowest BCUT2D eigenvalue weighted by Crippen LogP contribution is -2.16. The number of ketones is 1. The highest BCUT2D eigenvalue weighted by Crippen LogP contribution is 2.34. The van der Waals surface area contributed by atoms with E-state index in [0.29, 0.717) is 18.4 Å². The second-order valence-electron chi connectivity index (χ2n) is 8.47. The number of rotatable bonds is 11. The molecule has 1 aliphatic rings. The van der Waals surface area contributed by atoms with E-state index in [1.807, 2.05) is 13.0 Å². The van der Waals surface area contributed by atoms with Gasteiger partial charge in [0.2, 0.25) is 0 Å². The zero-order valence-corrected chi connectivity index (χ0v) is 19.6. The van der Waals surface area contributed by atoms with Crippen molar-refractivity contribution in [2.24, 2.45) is 5.92 Å². The van der Waals surface area contributed by atoms with E-state index in [4.69, 9.17) is 9.52 Å². The van der Waals surface area contributed by atoms with E-state index in [1.54, 1.807) is 30.4 Å². The molecule has 0 aromatic carbocycles. The van der Waals surface area contributed by atoms with Gasteiger partial charge >= 0.3 is 11.7 Å². The van der Waals surface area contributed by atoms with Crippen molar-refractivity contribution in [3.8, 4) is 5.75 Å². The molecule has 7 nitrogen and oxygen atoms in total. The number of aryl methyl sites for hydroxylation is 1. The van der Waals surface area contributed by atoms with Gasteiger partial charge in [-0.3, -0.25) is 10.1 Å². The first-order valence-electron chi connectivity index (χ1n) is 11.1. The van der Waals surface area contributed by atoms with Crippen molar-refractivity contribution in [2.75, 3.05) is 0 Å². The Balaban J connectivity index is 1.66. The van der Waals surface area contributed by atoms with E-state index in [0.717, 1.165) is 17.2 Å². The van der Waals surface area contributed by atoms with Crippen LogP contribution >= 0.6 is 11.3 Å². The number of aromatic hydroxyl groups is 1. The Hall–Kier alpha value is -3.13. The maximum absolute atomic E-state index is 12.9. The number of carbonyl (C=O) groups excluding carboxylic acids is 1. The van der Waals surface area contributed by atoms with Gasteiger partial charge in [0.1, 0.15) is 17.1 Å². The molecule has 1 fully saturated rings. The Morgan fingerprint density at radius 3 is 2.76 bits per heavy atom. The van der Waals surface area contributed by atoms with Crippen molar-refractivity contribution in [3.05, 3.63) is 67.5 Å². The van der Waals surface area contributed by atoms with Crippen LogP contribution in [0, 0.1) is 5.92 Å². The fraction of sp³-hybridized carbons (Fsp3) is 0.400. The number of hydrogen-bond acceptors (Lipinski definition) is 6. The molecule has 3 rings (SSSR count). The lowest BCUT2D eigenvalue weighted by Gasteiger charge is -2.11. The van der Waals surface area contributed by atoms with Gasteiger partial charge in [0.05, 0.1) is 0 Å². The minimum atomic E-state index is -1.15. The molecular weight excluding hydrogens is 442 g/mol. The average molecular weight is 472 g/mol. The quantitative estimate of drug-likeness (QED) is 0.286. The predicted molar refractivity (Wildman–Crippen MR) is 128 cm³/mol. The van der Waals surface area contributed by atoms with Crippen LogP contribution in [0.3, 0.4) is 0 Å². The summed E-state index contributed by atoms with van der Waals surface area (Å²) in [4.78, 5) is 38.0. The van der Waals surface area contributed by atoms with Gasteiger partial charge in [0, 0.05) is 27.9 Å². The van der Waals surface area contributed by atoms with Crippen molar-refractivity contribution in [1.29, 1.82) is 0 Å². The highest BCUT2D eigenvalue weighted by atomic mass is 32.1. The largest absolute Gasteiger partial charge is 0.507 e. The first-order chi connectivity index (χ1) is 15.7. The number of thiophene rings is 1. The van der Waals surface area contributed by atoms with Crippen molar-refractivity contribution < 1.29 is 24.2 Å². The molecule has 8 heteroatoms. The molecule has 3 N–H and O–H groups in total. The lowest BCUT2D eigenvalue weighted by atomic mass is 10.00. The molecule has 1 unspecified atom stereocenters. The Morgan fingerprint density at radius 1 is 1.33 bits per heavy atom. The van der Waals surface area contributed by atoms with Gasteiger partial charge < -0.3 is 14.6 Å². The summed E-state index contributed by atoms with van der Waals surface area (Å²) in [7, 11) is 0. The molecule has 0 radical (unpaired) electrons. The number of allylic oxidation sites excluding steroid dienone is 2. The molecule has 0 aliphatic heterocycles. The Morgan fingerprint density at radius 2 is 2.09 bits per heavy atom. The number of carboxylic acid groups (broad SMARTS) is 1. The highest BCUT2D eigenvalue weighted by Gasteiger charge is 2.23. The number of nitrogens with one attached hydrogen (secondary N) is 1. The average Bonchev–Trinajstić information content (AvgIpc) is 3.48. The smallest absolute Gasteiger partial charge is 0.408 e. The predicted octanol–water partition coefficient (Wildman–Crippen LogP) is 5.70. The van der Waals surface area contributed by atoms with E-state index in [-0.39, 0.29) is 17.2 Å². The van der Waals surface area contributed by atoms with Crippen LogP contribution in [0.1, 0.15) is 77.7 Å². The van der Waals surface area contributed by atoms with E-state index < -0.39 is 23.3 Å². The first-order valence-corrected chi connectivity index (χ1v) is 11.9. The molecule has 0 spiro atoms. The van der Waals surface area contributed by atoms with E-state index in [9.17, 15) is 19.5 Å². The molecule has 0 saturated heterocycles. The SMILES string of the molecule is C/C(=C\c1ccc(CCC2CC2)s1)C(=O)c1c(O)cc(C(C)CC/C=C/NC(=O)O)oc1=O. The number of amides is 1. The highest BCUT2D eigenvalue weighted by molar-refractivity contribution is 7.12.